The van der Waals surface area contributed by atoms with Gasteiger partial charge in [0.05, 0.1) is 12.6 Å². The minimum absolute atomic E-state index is 0.000506. The minimum Gasteiger partial charge on any atom is -0.352 e. The van der Waals surface area contributed by atoms with Crippen molar-refractivity contribution >= 4 is 17.7 Å². The summed E-state index contributed by atoms with van der Waals surface area (Å²) >= 11 is 0. The summed E-state index contributed by atoms with van der Waals surface area (Å²) < 4.78 is 0. The number of amides is 3. The minimum atomic E-state index is -0.443. The maximum atomic E-state index is 11.1. The molecule has 0 fully saturated rings. The molecule has 3 amide bonds. The van der Waals surface area contributed by atoms with Crippen molar-refractivity contribution < 1.29 is 14.4 Å². The summed E-state index contributed by atoms with van der Waals surface area (Å²) in [6.45, 7) is 16.2. The first-order chi connectivity index (χ1) is 11.3. The molecular weight excluding hydrogens is 308 g/mol. The number of likely N-dealkylation sites (N-methyl/N-ethyl adjacent to an activating group) is 1. The lowest BCUT2D eigenvalue weighted by atomic mass is 10.0. The van der Waals surface area contributed by atoms with Gasteiger partial charge in [-0.15, -0.1) is 0 Å². The van der Waals surface area contributed by atoms with Gasteiger partial charge in [-0.05, 0) is 26.3 Å². The Morgan fingerprint density at radius 2 is 1.50 bits per heavy atom. The molecule has 0 bridgehead atoms. The predicted molar refractivity (Wildman–Crippen MR) is 102 cm³/mol. The van der Waals surface area contributed by atoms with E-state index < -0.39 is 6.03 Å². The zero-order valence-corrected chi connectivity index (χ0v) is 17.1. The van der Waals surface area contributed by atoms with Crippen molar-refractivity contribution in [2.75, 3.05) is 20.1 Å². The molecule has 0 aliphatic heterocycles. The summed E-state index contributed by atoms with van der Waals surface area (Å²) in [5.74, 6) is -0.00541. The number of primary amides is 1. The van der Waals surface area contributed by atoms with Gasteiger partial charge in [0.2, 0.25) is 5.91 Å². The molecule has 0 aliphatic carbocycles. The van der Waals surface area contributed by atoms with E-state index in [4.69, 9.17) is 5.73 Å². The van der Waals surface area contributed by atoms with E-state index in [0.29, 0.717) is 6.54 Å². The molecule has 146 valence electrons. The molecule has 24 heavy (non-hydrogen) atoms. The van der Waals surface area contributed by atoms with E-state index >= 15 is 0 Å². The van der Waals surface area contributed by atoms with E-state index in [2.05, 4.69) is 16.0 Å². The van der Waals surface area contributed by atoms with Gasteiger partial charge in [-0.1, -0.05) is 48.5 Å². The van der Waals surface area contributed by atoms with Crippen LogP contribution in [0.2, 0.25) is 0 Å². The van der Waals surface area contributed by atoms with Gasteiger partial charge in [0.25, 0.3) is 0 Å². The highest BCUT2D eigenvalue weighted by molar-refractivity contribution is 5.88. The fraction of sp³-hybridized carbons (Fsp3) is 0.824. The Hall–Kier alpha value is -1.63. The molecule has 0 rings (SSSR count). The highest BCUT2D eigenvalue weighted by Crippen LogP contribution is 2.01. The molecule has 0 aliphatic rings. The summed E-state index contributed by atoms with van der Waals surface area (Å²) in [5.41, 5.74) is 4.73. The van der Waals surface area contributed by atoms with Gasteiger partial charge >= 0.3 is 6.03 Å². The van der Waals surface area contributed by atoms with Crippen molar-refractivity contribution in [3.63, 3.8) is 0 Å². The standard InChI is InChI=1S/C9H18N2O2.C4H10N2O.2C2H6/c1-6(2)9(7(3)12)11-8(13)5-10-4;1-2-3-6-4(5)7;2*1-2/h6,9-10H,5H2,1-4H3,(H,11,13);2-3H2,1H3,(H3,5,6,7);2*1-2H3. The van der Waals surface area contributed by atoms with Crippen molar-refractivity contribution in [3.8, 4) is 0 Å². The predicted octanol–water partition coefficient (Wildman–Crippen LogP) is 2.05. The Morgan fingerprint density at radius 3 is 1.71 bits per heavy atom. The van der Waals surface area contributed by atoms with Crippen LogP contribution in [0.25, 0.3) is 0 Å². The summed E-state index contributed by atoms with van der Waals surface area (Å²) in [4.78, 5) is 32.1. The molecule has 5 N–H and O–H groups in total. The largest absolute Gasteiger partial charge is 0.352 e. The summed E-state index contributed by atoms with van der Waals surface area (Å²) in [7, 11) is 1.69. The lowest BCUT2D eigenvalue weighted by Crippen LogP contribution is -2.46. The van der Waals surface area contributed by atoms with E-state index in [-0.39, 0.29) is 30.2 Å². The number of Topliss-reactive ketones (excluding diaryl/α,β-unsaturated/α-hetero) is 1. The van der Waals surface area contributed by atoms with Gasteiger partial charge in [0.1, 0.15) is 0 Å². The Kier molecular flexibility index (Phi) is 29.8. The molecule has 0 spiro atoms. The molecule has 7 nitrogen and oxygen atoms in total. The maximum absolute atomic E-state index is 11.1. The molecule has 0 aromatic rings. The van der Waals surface area contributed by atoms with Crippen LogP contribution in [0.5, 0.6) is 0 Å². The first-order valence-corrected chi connectivity index (χ1v) is 8.73. The van der Waals surface area contributed by atoms with Gasteiger partial charge in [0.15, 0.2) is 5.78 Å². The van der Waals surface area contributed by atoms with Crippen molar-refractivity contribution in [1.82, 2.24) is 16.0 Å². The second kappa shape index (κ2) is 23.6. The van der Waals surface area contributed by atoms with E-state index in [0.717, 1.165) is 6.42 Å². The second-order valence-electron chi connectivity index (χ2n) is 4.72. The molecule has 0 heterocycles. The van der Waals surface area contributed by atoms with Gasteiger partial charge in [-0.2, -0.15) is 0 Å². The van der Waals surface area contributed by atoms with Crippen LogP contribution in [0.1, 0.15) is 61.8 Å². The number of rotatable bonds is 7. The first-order valence-electron chi connectivity index (χ1n) is 8.73. The highest BCUT2D eigenvalue weighted by atomic mass is 16.2. The van der Waals surface area contributed by atoms with Crippen molar-refractivity contribution in [1.29, 1.82) is 0 Å². The maximum Gasteiger partial charge on any atom is 0.312 e. The zero-order chi connectivity index (χ0) is 20.1. The first kappa shape index (κ1) is 30.3. The monoisotopic (exact) mass is 348 g/mol. The number of hydrogen-bond donors (Lipinski definition) is 4. The lowest BCUT2D eigenvalue weighted by molar-refractivity contribution is -0.127. The number of urea groups is 1. The summed E-state index contributed by atoms with van der Waals surface area (Å²) in [6.07, 6.45) is 0.933. The van der Waals surface area contributed by atoms with E-state index in [9.17, 15) is 14.4 Å². The van der Waals surface area contributed by atoms with Crippen LogP contribution in [0, 0.1) is 5.92 Å². The molecule has 1 unspecified atom stereocenters. The lowest BCUT2D eigenvalue weighted by Gasteiger charge is -2.19. The Bertz CT molecular complexity index is 308. The third-order valence-corrected chi connectivity index (χ3v) is 2.31. The fourth-order valence-electron chi connectivity index (χ4n) is 1.37. The number of ketones is 1. The average molecular weight is 349 g/mol. The van der Waals surface area contributed by atoms with Crippen LogP contribution in [0.3, 0.4) is 0 Å². The molecule has 0 radical (unpaired) electrons. The van der Waals surface area contributed by atoms with Crippen LogP contribution in [-0.4, -0.2) is 43.9 Å². The summed E-state index contributed by atoms with van der Waals surface area (Å²) in [5, 5.41) is 7.83. The molecule has 0 saturated carbocycles. The topological polar surface area (TPSA) is 113 Å². The summed E-state index contributed by atoms with van der Waals surface area (Å²) in [6, 6.07) is -0.803. The highest BCUT2D eigenvalue weighted by Gasteiger charge is 2.19. The number of carbonyl (C=O) groups excluding carboxylic acids is 3. The Balaban J connectivity index is -0.000000153. The van der Waals surface area contributed by atoms with Crippen LogP contribution < -0.4 is 21.7 Å². The molecule has 0 aromatic carbocycles. The van der Waals surface area contributed by atoms with Crippen molar-refractivity contribution in [3.05, 3.63) is 0 Å². The smallest absolute Gasteiger partial charge is 0.312 e. The van der Waals surface area contributed by atoms with Crippen LogP contribution in [0.15, 0.2) is 0 Å². The molecular formula is C17H40N4O3. The Morgan fingerprint density at radius 1 is 1.04 bits per heavy atom. The molecule has 7 heteroatoms. The van der Waals surface area contributed by atoms with Crippen molar-refractivity contribution in [2.45, 2.75) is 67.9 Å². The Labute approximate surface area is 148 Å². The molecule has 0 aromatic heterocycles. The molecule has 0 saturated heterocycles. The quantitative estimate of drug-likeness (QED) is 0.564. The van der Waals surface area contributed by atoms with Gasteiger partial charge in [-0.3, -0.25) is 9.59 Å². The third kappa shape index (κ3) is 25.3. The number of hydrogen-bond acceptors (Lipinski definition) is 4. The van der Waals surface area contributed by atoms with Crippen LogP contribution in [0.4, 0.5) is 4.79 Å². The number of nitrogens with two attached hydrogens (primary N) is 1. The SMILES string of the molecule is CC.CC.CCCNC(N)=O.CNCC(=O)NC(C(C)=O)C(C)C. The number of carbonyl (C=O) groups is 3. The van der Waals surface area contributed by atoms with E-state index in [1.165, 1.54) is 6.92 Å². The van der Waals surface area contributed by atoms with Gasteiger partial charge in [0, 0.05) is 6.54 Å². The van der Waals surface area contributed by atoms with Gasteiger partial charge in [-0.25, -0.2) is 4.79 Å². The van der Waals surface area contributed by atoms with E-state index in [1.807, 2.05) is 48.5 Å². The second-order valence-corrected chi connectivity index (χ2v) is 4.72. The number of nitrogens with one attached hydrogen (secondary N) is 3. The van der Waals surface area contributed by atoms with Crippen LogP contribution in [-0.2, 0) is 9.59 Å². The van der Waals surface area contributed by atoms with Gasteiger partial charge < -0.3 is 21.7 Å². The third-order valence-electron chi connectivity index (χ3n) is 2.31. The molecule has 1 atom stereocenters. The van der Waals surface area contributed by atoms with Crippen molar-refractivity contribution in [2.24, 2.45) is 11.7 Å². The average Bonchev–Trinajstić information content (AvgIpc) is 2.54. The van der Waals surface area contributed by atoms with E-state index in [1.54, 1.807) is 7.05 Å². The fourth-order valence-corrected chi connectivity index (χ4v) is 1.37. The van der Waals surface area contributed by atoms with Crippen LogP contribution >= 0.6 is 0 Å². The zero-order valence-electron chi connectivity index (χ0n) is 17.1. The normalized spacial score (nSPS) is 9.75.